The second-order valence-electron chi connectivity index (χ2n) is 3.94. The van der Waals surface area contributed by atoms with E-state index in [1.165, 1.54) is 17.8 Å². The molecule has 0 N–H and O–H groups in total. The van der Waals surface area contributed by atoms with Gasteiger partial charge in [-0.1, -0.05) is 30.3 Å². The molecular weight excluding hydrogens is 238 g/mol. The molecular formula is C13H12F2N2O. The van der Waals surface area contributed by atoms with Gasteiger partial charge in [-0.25, -0.2) is 8.78 Å². The maximum absolute atomic E-state index is 13.0. The van der Waals surface area contributed by atoms with Crippen LogP contribution >= 0.6 is 0 Å². The van der Waals surface area contributed by atoms with Crippen molar-refractivity contribution in [1.82, 2.24) is 9.78 Å². The van der Waals surface area contributed by atoms with Crippen molar-refractivity contribution in [3.63, 3.8) is 0 Å². The Hall–Kier alpha value is -2.04. The Morgan fingerprint density at radius 1 is 1.33 bits per heavy atom. The number of benzene rings is 1. The Bertz CT molecular complexity index is 549. The molecule has 0 saturated heterocycles. The van der Waals surface area contributed by atoms with Crippen LogP contribution in [0.5, 0.6) is 0 Å². The van der Waals surface area contributed by atoms with E-state index in [1.54, 1.807) is 0 Å². The van der Waals surface area contributed by atoms with E-state index in [9.17, 15) is 13.6 Å². The molecule has 0 atom stereocenters. The van der Waals surface area contributed by atoms with E-state index in [2.05, 4.69) is 5.10 Å². The van der Waals surface area contributed by atoms with Gasteiger partial charge in [-0.3, -0.25) is 9.48 Å². The highest BCUT2D eigenvalue weighted by molar-refractivity contribution is 5.95. The van der Waals surface area contributed by atoms with Crippen molar-refractivity contribution in [1.29, 1.82) is 0 Å². The predicted molar refractivity (Wildman–Crippen MR) is 62.7 cm³/mol. The lowest BCUT2D eigenvalue weighted by molar-refractivity contribution is 0.0994. The van der Waals surface area contributed by atoms with E-state index in [0.29, 0.717) is 0 Å². The molecule has 0 bridgehead atoms. The SMILES string of the molecule is CC(=O)c1cnn(Cc2ccccc2)c1C(F)F. The fourth-order valence-corrected chi connectivity index (χ4v) is 1.78. The van der Waals surface area contributed by atoms with Gasteiger partial charge in [-0.15, -0.1) is 0 Å². The van der Waals surface area contributed by atoms with Crippen LogP contribution in [0.25, 0.3) is 0 Å². The van der Waals surface area contributed by atoms with Gasteiger partial charge in [0, 0.05) is 0 Å². The van der Waals surface area contributed by atoms with Crippen LogP contribution < -0.4 is 0 Å². The van der Waals surface area contributed by atoms with Crippen molar-refractivity contribution in [2.24, 2.45) is 0 Å². The molecule has 0 aliphatic heterocycles. The monoisotopic (exact) mass is 250 g/mol. The average molecular weight is 250 g/mol. The highest BCUT2D eigenvalue weighted by Crippen LogP contribution is 2.24. The third-order valence-corrected chi connectivity index (χ3v) is 2.64. The zero-order valence-electron chi connectivity index (χ0n) is 9.81. The first-order valence-corrected chi connectivity index (χ1v) is 5.48. The van der Waals surface area contributed by atoms with E-state index in [4.69, 9.17) is 0 Å². The van der Waals surface area contributed by atoms with Crippen molar-refractivity contribution >= 4 is 5.78 Å². The van der Waals surface area contributed by atoms with E-state index in [-0.39, 0.29) is 17.8 Å². The normalized spacial score (nSPS) is 10.9. The standard InChI is InChI=1S/C13H12F2N2O/c1-9(18)11-7-16-17(12(11)13(14)15)8-10-5-3-2-4-6-10/h2-7,13H,8H2,1H3. The Morgan fingerprint density at radius 3 is 2.56 bits per heavy atom. The quantitative estimate of drug-likeness (QED) is 0.781. The molecule has 0 saturated carbocycles. The number of halogens is 2. The molecule has 1 heterocycles. The topological polar surface area (TPSA) is 34.9 Å². The number of rotatable bonds is 4. The van der Waals surface area contributed by atoms with Crippen molar-refractivity contribution < 1.29 is 13.6 Å². The predicted octanol–water partition coefficient (Wildman–Crippen LogP) is 3.07. The van der Waals surface area contributed by atoms with Gasteiger partial charge in [-0.05, 0) is 12.5 Å². The number of carbonyl (C=O) groups is 1. The number of ketones is 1. The lowest BCUT2D eigenvalue weighted by atomic mass is 10.2. The summed E-state index contributed by atoms with van der Waals surface area (Å²) in [5, 5.41) is 3.87. The molecule has 0 fully saturated rings. The molecule has 0 amide bonds. The van der Waals surface area contributed by atoms with E-state index < -0.39 is 12.2 Å². The maximum atomic E-state index is 13.0. The number of hydrogen-bond donors (Lipinski definition) is 0. The minimum atomic E-state index is -2.71. The van der Waals surface area contributed by atoms with Crippen molar-refractivity contribution in [2.75, 3.05) is 0 Å². The van der Waals surface area contributed by atoms with Crippen molar-refractivity contribution in [2.45, 2.75) is 19.9 Å². The van der Waals surface area contributed by atoms with Gasteiger partial charge in [0.2, 0.25) is 0 Å². The van der Waals surface area contributed by atoms with E-state index >= 15 is 0 Å². The molecule has 2 aromatic rings. The van der Waals surface area contributed by atoms with Gasteiger partial charge in [0.1, 0.15) is 5.69 Å². The Balaban J connectivity index is 2.37. The van der Waals surface area contributed by atoms with Crippen LogP contribution in [0.15, 0.2) is 36.5 Å². The Labute approximate surface area is 103 Å². The summed E-state index contributed by atoms with van der Waals surface area (Å²) < 4.78 is 27.1. The molecule has 1 aromatic heterocycles. The third-order valence-electron chi connectivity index (χ3n) is 2.64. The Kier molecular flexibility index (Phi) is 3.50. The molecule has 0 radical (unpaired) electrons. The smallest absolute Gasteiger partial charge is 0.280 e. The number of nitrogens with zero attached hydrogens (tertiary/aromatic N) is 2. The molecule has 0 aliphatic carbocycles. The first-order valence-electron chi connectivity index (χ1n) is 5.48. The van der Waals surface area contributed by atoms with Crippen LogP contribution in [0.1, 0.15) is 35.0 Å². The summed E-state index contributed by atoms with van der Waals surface area (Å²) in [6.45, 7) is 1.49. The lowest BCUT2D eigenvalue weighted by Gasteiger charge is -2.08. The van der Waals surface area contributed by atoms with Crippen LogP contribution in [0.2, 0.25) is 0 Å². The molecule has 1 aromatic carbocycles. The summed E-state index contributed by atoms with van der Waals surface area (Å²) in [6.07, 6.45) is -1.51. The number of carbonyl (C=O) groups excluding carboxylic acids is 1. The fraction of sp³-hybridized carbons (Fsp3) is 0.231. The fourth-order valence-electron chi connectivity index (χ4n) is 1.78. The molecule has 2 rings (SSSR count). The van der Waals surface area contributed by atoms with Crippen molar-refractivity contribution in [3.8, 4) is 0 Å². The maximum Gasteiger partial charge on any atom is 0.280 e. The number of aromatic nitrogens is 2. The van der Waals surface area contributed by atoms with E-state index in [0.717, 1.165) is 5.56 Å². The molecule has 0 spiro atoms. The van der Waals surface area contributed by atoms with E-state index in [1.807, 2.05) is 30.3 Å². The lowest BCUT2D eigenvalue weighted by Crippen LogP contribution is -2.09. The number of Topliss-reactive ketones (excluding diaryl/α,β-unsaturated/α-hetero) is 1. The van der Waals surface area contributed by atoms with Gasteiger partial charge < -0.3 is 0 Å². The second-order valence-corrected chi connectivity index (χ2v) is 3.94. The van der Waals surface area contributed by atoms with Gasteiger partial charge in [0.05, 0.1) is 18.3 Å². The first kappa shape index (κ1) is 12.4. The molecule has 18 heavy (non-hydrogen) atoms. The molecule has 0 unspecified atom stereocenters. The molecule has 94 valence electrons. The first-order chi connectivity index (χ1) is 8.59. The largest absolute Gasteiger partial charge is 0.294 e. The highest BCUT2D eigenvalue weighted by atomic mass is 19.3. The highest BCUT2D eigenvalue weighted by Gasteiger charge is 2.22. The van der Waals surface area contributed by atoms with Gasteiger partial charge in [0.25, 0.3) is 6.43 Å². The average Bonchev–Trinajstić information content (AvgIpc) is 2.74. The van der Waals surface area contributed by atoms with Crippen LogP contribution in [-0.2, 0) is 6.54 Å². The van der Waals surface area contributed by atoms with Crippen LogP contribution in [0.4, 0.5) is 8.78 Å². The van der Waals surface area contributed by atoms with Crippen LogP contribution in [0.3, 0.4) is 0 Å². The summed E-state index contributed by atoms with van der Waals surface area (Å²) >= 11 is 0. The minimum absolute atomic E-state index is 0.0130. The molecule has 0 aliphatic rings. The van der Waals surface area contributed by atoms with Gasteiger partial charge in [-0.2, -0.15) is 5.10 Å². The summed E-state index contributed by atoms with van der Waals surface area (Å²) in [7, 11) is 0. The summed E-state index contributed by atoms with van der Waals surface area (Å²) in [4.78, 5) is 11.2. The zero-order chi connectivity index (χ0) is 13.1. The van der Waals surface area contributed by atoms with Crippen LogP contribution in [-0.4, -0.2) is 15.6 Å². The van der Waals surface area contributed by atoms with Gasteiger partial charge in [0.15, 0.2) is 5.78 Å². The molecule has 3 nitrogen and oxygen atoms in total. The minimum Gasteiger partial charge on any atom is -0.294 e. The number of hydrogen-bond acceptors (Lipinski definition) is 2. The van der Waals surface area contributed by atoms with Gasteiger partial charge >= 0.3 is 0 Å². The summed E-state index contributed by atoms with van der Waals surface area (Å²) in [5.74, 6) is -0.399. The van der Waals surface area contributed by atoms with Crippen LogP contribution in [0, 0.1) is 0 Å². The third kappa shape index (κ3) is 2.45. The summed E-state index contributed by atoms with van der Waals surface area (Å²) in [5.41, 5.74) is 0.532. The molecule has 5 heteroatoms. The summed E-state index contributed by atoms with van der Waals surface area (Å²) in [6, 6.07) is 9.15. The Morgan fingerprint density at radius 2 is 2.00 bits per heavy atom. The van der Waals surface area contributed by atoms with Crippen molar-refractivity contribution in [3.05, 3.63) is 53.3 Å². The number of alkyl halides is 2. The zero-order valence-corrected chi connectivity index (χ0v) is 9.81. The second kappa shape index (κ2) is 5.08.